The molecule has 86 valence electrons. The molecule has 2 heteroatoms. The molecule has 0 aromatic heterocycles. The number of benzene rings is 1. The third-order valence-electron chi connectivity index (χ3n) is 3.31. The quantitative estimate of drug-likeness (QED) is 0.793. The second kappa shape index (κ2) is 5.15. The summed E-state index contributed by atoms with van der Waals surface area (Å²) in [4.78, 5) is 2.33. The van der Waals surface area contributed by atoms with Gasteiger partial charge in [0.25, 0.3) is 0 Å². The van der Waals surface area contributed by atoms with E-state index >= 15 is 0 Å². The normalized spacial score (nSPS) is 21.0. The van der Waals surface area contributed by atoms with Crippen molar-refractivity contribution in [1.29, 1.82) is 0 Å². The fourth-order valence-electron chi connectivity index (χ4n) is 2.24. The molecule has 1 atom stereocenters. The van der Waals surface area contributed by atoms with E-state index in [2.05, 4.69) is 65.3 Å². The zero-order valence-electron chi connectivity index (χ0n) is 9.91. The molecule has 1 aromatic carbocycles. The highest BCUT2D eigenvalue weighted by Crippen LogP contribution is 2.29. The Labute approximate surface area is 106 Å². The fourth-order valence-corrected chi connectivity index (χ4v) is 2.64. The number of nitrogens with zero attached hydrogens (tertiary/aromatic N) is 1. The number of allylic oxidation sites excluding steroid dienone is 1. The van der Waals surface area contributed by atoms with Gasteiger partial charge in [0, 0.05) is 10.5 Å². The lowest BCUT2D eigenvalue weighted by Crippen LogP contribution is -2.28. The van der Waals surface area contributed by atoms with Crippen molar-refractivity contribution in [2.75, 3.05) is 14.1 Å². The van der Waals surface area contributed by atoms with Crippen LogP contribution in [0, 0.1) is 0 Å². The van der Waals surface area contributed by atoms with Crippen LogP contribution in [0.2, 0.25) is 0 Å². The Morgan fingerprint density at radius 3 is 2.69 bits per heavy atom. The van der Waals surface area contributed by atoms with Gasteiger partial charge in [0.05, 0.1) is 0 Å². The summed E-state index contributed by atoms with van der Waals surface area (Å²) in [5.41, 5.74) is 2.87. The summed E-state index contributed by atoms with van der Waals surface area (Å²) in [7, 11) is 4.34. The van der Waals surface area contributed by atoms with Gasteiger partial charge < -0.3 is 4.90 Å². The SMILES string of the molecule is CN(C)[C@@H]1CC=C(c2cccc(Br)c2)CC1. The summed E-state index contributed by atoms with van der Waals surface area (Å²) in [6, 6.07) is 9.32. The molecular formula is C14H18BrN. The molecule has 2 rings (SSSR count). The highest BCUT2D eigenvalue weighted by atomic mass is 79.9. The Morgan fingerprint density at radius 1 is 1.31 bits per heavy atom. The maximum atomic E-state index is 3.53. The van der Waals surface area contributed by atoms with Gasteiger partial charge in [-0.25, -0.2) is 0 Å². The minimum Gasteiger partial charge on any atom is -0.306 e. The first-order chi connectivity index (χ1) is 7.66. The van der Waals surface area contributed by atoms with Crippen molar-refractivity contribution in [1.82, 2.24) is 4.90 Å². The van der Waals surface area contributed by atoms with Gasteiger partial charge in [-0.15, -0.1) is 0 Å². The lowest BCUT2D eigenvalue weighted by Gasteiger charge is -2.27. The molecule has 0 radical (unpaired) electrons. The minimum atomic E-state index is 0.718. The topological polar surface area (TPSA) is 3.24 Å². The van der Waals surface area contributed by atoms with Crippen molar-refractivity contribution in [3.05, 3.63) is 40.4 Å². The second-order valence-electron chi connectivity index (χ2n) is 4.63. The van der Waals surface area contributed by atoms with Crippen molar-refractivity contribution in [3.63, 3.8) is 0 Å². The van der Waals surface area contributed by atoms with Crippen LogP contribution in [0.25, 0.3) is 5.57 Å². The predicted octanol–water partition coefficient (Wildman–Crippen LogP) is 3.95. The Hall–Kier alpha value is -0.600. The molecule has 1 aromatic rings. The summed E-state index contributed by atoms with van der Waals surface area (Å²) < 4.78 is 1.17. The van der Waals surface area contributed by atoms with Crippen LogP contribution in [-0.2, 0) is 0 Å². The van der Waals surface area contributed by atoms with E-state index < -0.39 is 0 Å². The Kier molecular flexibility index (Phi) is 3.82. The van der Waals surface area contributed by atoms with Crippen LogP contribution in [-0.4, -0.2) is 25.0 Å². The van der Waals surface area contributed by atoms with Crippen LogP contribution in [0.3, 0.4) is 0 Å². The number of rotatable bonds is 2. The zero-order valence-corrected chi connectivity index (χ0v) is 11.5. The fraction of sp³-hybridized carbons (Fsp3) is 0.429. The Morgan fingerprint density at radius 2 is 2.12 bits per heavy atom. The van der Waals surface area contributed by atoms with Crippen molar-refractivity contribution in [2.45, 2.75) is 25.3 Å². The molecule has 0 spiro atoms. The summed E-state index contributed by atoms with van der Waals surface area (Å²) in [5, 5.41) is 0. The average Bonchev–Trinajstić information content (AvgIpc) is 2.29. The van der Waals surface area contributed by atoms with E-state index in [1.54, 1.807) is 0 Å². The molecule has 0 aliphatic heterocycles. The van der Waals surface area contributed by atoms with Crippen LogP contribution in [0.4, 0.5) is 0 Å². The molecule has 0 saturated carbocycles. The van der Waals surface area contributed by atoms with Gasteiger partial charge in [-0.2, -0.15) is 0 Å². The number of hydrogen-bond donors (Lipinski definition) is 0. The van der Waals surface area contributed by atoms with Gasteiger partial charge in [0.1, 0.15) is 0 Å². The molecule has 1 aliphatic rings. The smallest absolute Gasteiger partial charge is 0.0181 e. The molecule has 0 bridgehead atoms. The van der Waals surface area contributed by atoms with Crippen LogP contribution in [0.5, 0.6) is 0 Å². The van der Waals surface area contributed by atoms with Crippen LogP contribution in [0.1, 0.15) is 24.8 Å². The molecule has 1 aliphatic carbocycles. The van der Waals surface area contributed by atoms with E-state index in [1.165, 1.54) is 34.9 Å². The zero-order chi connectivity index (χ0) is 11.5. The third kappa shape index (κ3) is 2.74. The van der Waals surface area contributed by atoms with Gasteiger partial charge in [0.15, 0.2) is 0 Å². The summed E-state index contributed by atoms with van der Waals surface area (Å²) in [6.07, 6.45) is 6.04. The van der Waals surface area contributed by atoms with Crippen molar-refractivity contribution in [2.24, 2.45) is 0 Å². The summed E-state index contributed by atoms with van der Waals surface area (Å²) in [6.45, 7) is 0. The molecule has 0 saturated heterocycles. The molecule has 0 N–H and O–H groups in total. The molecule has 0 unspecified atom stereocenters. The van der Waals surface area contributed by atoms with Gasteiger partial charge in [-0.05, 0) is 56.6 Å². The van der Waals surface area contributed by atoms with Gasteiger partial charge in [0.2, 0.25) is 0 Å². The van der Waals surface area contributed by atoms with E-state index in [9.17, 15) is 0 Å². The Balaban J connectivity index is 2.13. The van der Waals surface area contributed by atoms with Crippen molar-refractivity contribution < 1.29 is 0 Å². The number of halogens is 1. The molecule has 1 nitrogen and oxygen atoms in total. The van der Waals surface area contributed by atoms with E-state index in [1.807, 2.05) is 0 Å². The lowest BCUT2D eigenvalue weighted by atomic mass is 9.90. The maximum absolute atomic E-state index is 3.53. The standard InChI is InChI=1S/C14H18BrN/c1-16(2)14-8-6-11(7-9-14)12-4-3-5-13(15)10-12/h3-6,10,14H,7-9H2,1-2H3/t14-/m1/s1. The highest BCUT2D eigenvalue weighted by molar-refractivity contribution is 9.10. The first-order valence-electron chi connectivity index (χ1n) is 5.78. The van der Waals surface area contributed by atoms with Crippen LogP contribution in [0.15, 0.2) is 34.8 Å². The van der Waals surface area contributed by atoms with E-state index in [0.717, 1.165) is 6.04 Å². The van der Waals surface area contributed by atoms with E-state index in [4.69, 9.17) is 0 Å². The number of hydrogen-bond acceptors (Lipinski definition) is 1. The molecular weight excluding hydrogens is 262 g/mol. The van der Waals surface area contributed by atoms with Crippen LogP contribution >= 0.6 is 15.9 Å². The lowest BCUT2D eigenvalue weighted by molar-refractivity contribution is 0.277. The Bertz CT molecular complexity index is 395. The van der Waals surface area contributed by atoms with E-state index in [-0.39, 0.29) is 0 Å². The van der Waals surface area contributed by atoms with Crippen molar-refractivity contribution >= 4 is 21.5 Å². The summed E-state index contributed by atoms with van der Waals surface area (Å²) in [5.74, 6) is 0. The monoisotopic (exact) mass is 279 g/mol. The first-order valence-corrected chi connectivity index (χ1v) is 6.57. The van der Waals surface area contributed by atoms with Crippen molar-refractivity contribution in [3.8, 4) is 0 Å². The average molecular weight is 280 g/mol. The first kappa shape index (κ1) is 11.9. The van der Waals surface area contributed by atoms with Gasteiger partial charge in [-0.3, -0.25) is 0 Å². The van der Waals surface area contributed by atoms with E-state index in [0.29, 0.717) is 0 Å². The maximum Gasteiger partial charge on any atom is 0.0181 e. The molecule has 16 heavy (non-hydrogen) atoms. The largest absolute Gasteiger partial charge is 0.306 e. The highest BCUT2D eigenvalue weighted by Gasteiger charge is 2.16. The molecule has 0 amide bonds. The molecule has 0 heterocycles. The van der Waals surface area contributed by atoms with Gasteiger partial charge in [-0.1, -0.05) is 34.1 Å². The molecule has 0 fully saturated rings. The third-order valence-corrected chi connectivity index (χ3v) is 3.80. The minimum absolute atomic E-state index is 0.718. The second-order valence-corrected chi connectivity index (χ2v) is 5.55. The predicted molar refractivity (Wildman–Crippen MR) is 73.4 cm³/mol. The van der Waals surface area contributed by atoms with Crippen LogP contribution < -0.4 is 0 Å². The van der Waals surface area contributed by atoms with Gasteiger partial charge >= 0.3 is 0 Å². The summed E-state index contributed by atoms with van der Waals surface area (Å²) >= 11 is 3.53.